The summed E-state index contributed by atoms with van der Waals surface area (Å²) in [5, 5.41) is 5.93. The van der Waals surface area contributed by atoms with Crippen molar-refractivity contribution in [3.8, 4) is 11.5 Å². The van der Waals surface area contributed by atoms with Crippen LogP contribution in [0.2, 0.25) is 0 Å². The smallest absolute Gasteiger partial charge is 0.334 e. The molecule has 6 rings (SSSR count). The second-order valence-electron chi connectivity index (χ2n) is 9.95. The van der Waals surface area contributed by atoms with Crippen LogP contribution in [0.15, 0.2) is 72.8 Å². The molecule has 4 amide bonds. The molecule has 3 aliphatic rings. The molecule has 0 radical (unpaired) electrons. The number of rotatable bonds is 5. The van der Waals surface area contributed by atoms with Gasteiger partial charge in [-0.15, -0.1) is 0 Å². The number of urea groups is 1. The highest BCUT2D eigenvalue weighted by Crippen LogP contribution is 2.37. The van der Waals surface area contributed by atoms with Gasteiger partial charge in [-0.1, -0.05) is 48.5 Å². The largest absolute Gasteiger partial charge is 0.454 e. The number of fused-ring (bicyclic) bond motifs is 2. The van der Waals surface area contributed by atoms with Crippen molar-refractivity contribution in [3.05, 3.63) is 95.3 Å². The standard InChI is InChI=1S/C29H28FN5O5/c1-32-17-26(36)34-25(35(32)29(38)31-14-19-7-10-22(30)11-8-19)16-33(28(37)27(34)21-5-3-2-4-6-21)15-20-9-12-23-24(13-20)40-18-39-23/h2-13,25,27H,14-18H2,1H3,(H,31,38)/t25-,27-/m0/s1. The van der Waals surface area contributed by atoms with Crippen molar-refractivity contribution in [3.63, 3.8) is 0 Å². The van der Waals surface area contributed by atoms with Crippen LogP contribution >= 0.6 is 0 Å². The lowest BCUT2D eigenvalue weighted by molar-refractivity contribution is -0.188. The maximum absolute atomic E-state index is 14.0. The minimum Gasteiger partial charge on any atom is -0.454 e. The summed E-state index contributed by atoms with van der Waals surface area (Å²) in [6.07, 6.45) is -0.753. The molecule has 0 saturated carbocycles. The van der Waals surface area contributed by atoms with E-state index in [0.29, 0.717) is 17.1 Å². The average molecular weight is 546 g/mol. The zero-order valence-electron chi connectivity index (χ0n) is 21.8. The number of hydrogen-bond acceptors (Lipinski definition) is 6. The first-order chi connectivity index (χ1) is 19.4. The van der Waals surface area contributed by atoms with E-state index in [2.05, 4.69) is 5.32 Å². The molecular formula is C29H28FN5O5. The Hall–Kier alpha value is -4.64. The van der Waals surface area contributed by atoms with E-state index in [4.69, 9.17) is 9.47 Å². The fourth-order valence-corrected chi connectivity index (χ4v) is 5.42. The zero-order valence-corrected chi connectivity index (χ0v) is 21.8. The molecule has 2 fully saturated rings. The summed E-state index contributed by atoms with van der Waals surface area (Å²) >= 11 is 0. The number of hydrogen-bond donors (Lipinski definition) is 1. The second kappa shape index (κ2) is 10.5. The minimum absolute atomic E-state index is 0.0702. The Bertz CT molecular complexity index is 1440. The number of carbonyl (C=O) groups excluding carboxylic acids is 3. The lowest BCUT2D eigenvalue weighted by Gasteiger charge is -2.54. The molecule has 0 bridgehead atoms. The van der Waals surface area contributed by atoms with Crippen molar-refractivity contribution in [2.45, 2.75) is 25.3 Å². The average Bonchev–Trinajstić information content (AvgIpc) is 3.42. The van der Waals surface area contributed by atoms with Crippen molar-refractivity contribution in [2.24, 2.45) is 0 Å². The van der Waals surface area contributed by atoms with E-state index in [0.717, 1.165) is 11.1 Å². The van der Waals surface area contributed by atoms with Gasteiger partial charge in [0.25, 0.3) is 5.91 Å². The maximum atomic E-state index is 14.0. The summed E-state index contributed by atoms with van der Waals surface area (Å²) in [6.45, 7) is 0.610. The van der Waals surface area contributed by atoms with Crippen LogP contribution in [-0.2, 0) is 22.7 Å². The molecule has 1 N–H and O–H groups in total. The fraction of sp³-hybridized carbons (Fsp3) is 0.276. The highest BCUT2D eigenvalue weighted by atomic mass is 19.1. The van der Waals surface area contributed by atoms with Crippen molar-refractivity contribution < 1.29 is 28.2 Å². The fourth-order valence-electron chi connectivity index (χ4n) is 5.42. The number of hydrazine groups is 1. The maximum Gasteiger partial charge on any atom is 0.334 e. The van der Waals surface area contributed by atoms with Crippen LogP contribution in [0.3, 0.4) is 0 Å². The summed E-state index contributed by atoms with van der Waals surface area (Å²) in [7, 11) is 1.67. The zero-order chi connectivity index (χ0) is 27.8. The van der Waals surface area contributed by atoms with Crippen molar-refractivity contribution in [1.29, 1.82) is 0 Å². The van der Waals surface area contributed by atoms with Crippen molar-refractivity contribution >= 4 is 17.8 Å². The summed E-state index contributed by atoms with van der Waals surface area (Å²) in [6, 6.07) is 19.2. The van der Waals surface area contributed by atoms with Crippen molar-refractivity contribution in [1.82, 2.24) is 25.1 Å². The lowest BCUT2D eigenvalue weighted by atomic mass is 9.98. The molecule has 3 aliphatic heterocycles. The van der Waals surface area contributed by atoms with E-state index in [1.165, 1.54) is 22.0 Å². The molecule has 3 aromatic rings. The number of piperazine rings is 1. The number of nitrogens with one attached hydrogen (secondary N) is 1. The van der Waals surface area contributed by atoms with Crippen LogP contribution in [0.5, 0.6) is 11.5 Å². The molecular weight excluding hydrogens is 517 g/mol. The number of amides is 4. The summed E-state index contributed by atoms with van der Waals surface area (Å²) in [5.74, 6) is 0.411. The summed E-state index contributed by atoms with van der Waals surface area (Å²) < 4.78 is 24.3. The topological polar surface area (TPSA) is 94.7 Å². The van der Waals surface area contributed by atoms with Gasteiger partial charge in [0.15, 0.2) is 11.5 Å². The normalized spacial score (nSPS) is 20.5. The highest BCUT2D eigenvalue weighted by Gasteiger charge is 2.51. The Labute approximate surface area is 230 Å². The van der Waals surface area contributed by atoms with Gasteiger partial charge < -0.3 is 24.6 Å². The molecule has 11 heteroatoms. The van der Waals surface area contributed by atoms with Crippen LogP contribution in [0.25, 0.3) is 0 Å². The van der Waals surface area contributed by atoms with Crippen LogP contribution in [0, 0.1) is 5.82 Å². The van der Waals surface area contributed by atoms with E-state index in [9.17, 15) is 18.8 Å². The number of carbonyl (C=O) groups is 3. The monoisotopic (exact) mass is 545 g/mol. The predicted octanol–water partition coefficient (Wildman–Crippen LogP) is 2.86. The van der Waals surface area contributed by atoms with Gasteiger partial charge in [-0.3, -0.25) is 9.59 Å². The Morgan fingerprint density at radius 1 is 0.975 bits per heavy atom. The first-order valence-corrected chi connectivity index (χ1v) is 12.9. The van der Waals surface area contributed by atoms with Gasteiger partial charge in [0.05, 0.1) is 13.1 Å². The molecule has 10 nitrogen and oxygen atoms in total. The van der Waals surface area contributed by atoms with Crippen LogP contribution in [0.4, 0.5) is 9.18 Å². The van der Waals surface area contributed by atoms with E-state index in [1.807, 2.05) is 42.5 Å². The van der Waals surface area contributed by atoms with Gasteiger partial charge in [0, 0.05) is 20.1 Å². The predicted molar refractivity (Wildman–Crippen MR) is 141 cm³/mol. The molecule has 206 valence electrons. The Morgan fingerprint density at radius 2 is 1.70 bits per heavy atom. The third-order valence-electron chi connectivity index (χ3n) is 7.32. The number of nitrogens with zero attached hydrogens (tertiary/aromatic N) is 4. The van der Waals surface area contributed by atoms with E-state index < -0.39 is 18.2 Å². The summed E-state index contributed by atoms with van der Waals surface area (Å²) in [4.78, 5) is 44.1. The number of ether oxygens (including phenoxy) is 2. The van der Waals surface area contributed by atoms with E-state index in [-0.39, 0.29) is 50.6 Å². The Morgan fingerprint density at radius 3 is 2.48 bits per heavy atom. The molecule has 3 heterocycles. The Balaban J connectivity index is 1.31. The molecule has 0 aromatic heterocycles. The van der Waals surface area contributed by atoms with Gasteiger partial charge in [-0.2, -0.15) is 0 Å². The highest BCUT2D eigenvalue weighted by molar-refractivity contribution is 5.92. The van der Waals surface area contributed by atoms with Gasteiger partial charge in [-0.25, -0.2) is 19.2 Å². The van der Waals surface area contributed by atoms with Gasteiger partial charge in [0.1, 0.15) is 18.0 Å². The summed E-state index contributed by atoms with van der Waals surface area (Å²) in [5.41, 5.74) is 2.23. The molecule has 0 unspecified atom stereocenters. The van der Waals surface area contributed by atoms with Gasteiger partial charge in [-0.05, 0) is 41.0 Å². The third-order valence-corrected chi connectivity index (χ3v) is 7.32. The molecule has 0 aliphatic carbocycles. The third kappa shape index (κ3) is 4.79. The van der Waals surface area contributed by atoms with E-state index in [1.54, 1.807) is 35.2 Å². The first kappa shape index (κ1) is 25.6. The lowest BCUT2D eigenvalue weighted by Crippen LogP contribution is -2.73. The van der Waals surface area contributed by atoms with Crippen LogP contribution in [0.1, 0.15) is 22.7 Å². The van der Waals surface area contributed by atoms with Crippen LogP contribution in [-0.4, -0.2) is 70.8 Å². The van der Waals surface area contributed by atoms with Gasteiger partial charge in [0.2, 0.25) is 12.7 Å². The molecule has 40 heavy (non-hydrogen) atoms. The SMILES string of the molecule is CN1CC(=O)N2[C@@H](c3ccccc3)C(=O)N(Cc3ccc4c(c3)OCO4)C[C@@H]2N1C(=O)NCc1ccc(F)cc1. The van der Waals surface area contributed by atoms with Crippen LogP contribution < -0.4 is 14.8 Å². The number of benzene rings is 3. The number of likely N-dealkylation sites (N-methyl/N-ethyl adjacent to an activating group) is 1. The minimum atomic E-state index is -0.900. The van der Waals surface area contributed by atoms with E-state index >= 15 is 0 Å². The van der Waals surface area contributed by atoms with Gasteiger partial charge >= 0.3 is 6.03 Å². The second-order valence-corrected chi connectivity index (χ2v) is 9.95. The van der Waals surface area contributed by atoms with Crippen molar-refractivity contribution in [2.75, 3.05) is 26.9 Å². The Kier molecular flexibility index (Phi) is 6.72. The molecule has 2 saturated heterocycles. The quantitative estimate of drug-likeness (QED) is 0.530. The number of halogens is 1. The first-order valence-electron chi connectivity index (χ1n) is 12.9. The molecule has 3 aromatic carbocycles. The molecule has 2 atom stereocenters. The molecule has 0 spiro atoms.